The molecule has 2 atom stereocenters. The van der Waals surface area contributed by atoms with Gasteiger partial charge in [-0.15, -0.1) is 0 Å². The molecule has 1 saturated carbocycles. The molecule has 0 radical (unpaired) electrons. The Morgan fingerprint density at radius 2 is 2.06 bits per heavy atom. The zero-order valence-electron chi connectivity index (χ0n) is 9.50. The summed E-state index contributed by atoms with van der Waals surface area (Å²) < 4.78 is 39.5. The van der Waals surface area contributed by atoms with Crippen LogP contribution in [0.3, 0.4) is 0 Å². The van der Waals surface area contributed by atoms with Crippen LogP contribution in [0.4, 0.5) is 13.2 Å². The topological polar surface area (TPSA) is 26.0 Å². The first kappa shape index (κ1) is 12.4. The Labute approximate surface area is 98.8 Å². The van der Waals surface area contributed by atoms with E-state index < -0.39 is 5.92 Å². The third-order valence-electron chi connectivity index (χ3n) is 3.46. The lowest BCUT2D eigenvalue weighted by Gasteiger charge is -2.19. The highest BCUT2D eigenvalue weighted by molar-refractivity contribution is 5.18. The van der Waals surface area contributed by atoms with Crippen molar-refractivity contribution in [1.82, 2.24) is 0 Å². The summed E-state index contributed by atoms with van der Waals surface area (Å²) in [4.78, 5) is 0. The van der Waals surface area contributed by atoms with Crippen LogP contribution in [-0.4, -0.2) is 12.0 Å². The lowest BCUT2D eigenvalue weighted by molar-refractivity contribution is 0.00393. The van der Waals surface area contributed by atoms with Crippen LogP contribution in [0.1, 0.15) is 24.8 Å². The Hall–Kier alpha value is -1.03. The molecule has 1 aromatic carbocycles. The number of benzene rings is 1. The van der Waals surface area contributed by atoms with Crippen LogP contribution in [0.5, 0.6) is 0 Å². The Morgan fingerprint density at radius 1 is 1.35 bits per heavy atom. The van der Waals surface area contributed by atoms with E-state index in [4.69, 9.17) is 5.73 Å². The van der Waals surface area contributed by atoms with E-state index in [2.05, 4.69) is 0 Å². The van der Waals surface area contributed by atoms with Gasteiger partial charge in [-0.3, -0.25) is 0 Å². The molecule has 0 aromatic heterocycles. The van der Waals surface area contributed by atoms with E-state index in [0.29, 0.717) is 18.4 Å². The fourth-order valence-electron chi connectivity index (χ4n) is 2.43. The standard InChI is InChI=1S/C13H16F3N/c14-11-4-2-1-3-9(11)7-12(17)10-5-6-13(15,16)8-10/h1-4,10,12H,5-8,17H2. The summed E-state index contributed by atoms with van der Waals surface area (Å²) in [6.45, 7) is 0. The molecule has 1 aromatic rings. The van der Waals surface area contributed by atoms with Crippen LogP contribution in [0.25, 0.3) is 0 Å². The average molecular weight is 243 g/mol. The van der Waals surface area contributed by atoms with Crippen LogP contribution in [0, 0.1) is 11.7 Å². The van der Waals surface area contributed by atoms with E-state index in [9.17, 15) is 13.2 Å². The molecule has 0 bridgehead atoms. The van der Waals surface area contributed by atoms with Crippen molar-refractivity contribution in [3.63, 3.8) is 0 Å². The fourth-order valence-corrected chi connectivity index (χ4v) is 2.43. The van der Waals surface area contributed by atoms with Crippen molar-refractivity contribution in [2.24, 2.45) is 11.7 Å². The summed E-state index contributed by atoms with van der Waals surface area (Å²) in [6, 6.07) is 5.97. The molecule has 0 heterocycles. The monoisotopic (exact) mass is 243 g/mol. The minimum atomic E-state index is -2.59. The molecular formula is C13H16F3N. The van der Waals surface area contributed by atoms with Gasteiger partial charge in [0.05, 0.1) is 0 Å². The third kappa shape index (κ3) is 3.00. The van der Waals surface area contributed by atoms with Gasteiger partial charge in [0.1, 0.15) is 5.82 Å². The molecule has 4 heteroatoms. The summed E-state index contributed by atoms with van der Waals surface area (Å²) in [7, 11) is 0. The van der Waals surface area contributed by atoms with E-state index >= 15 is 0 Å². The molecule has 0 saturated heterocycles. The second kappa shape index (κ2) is 4.69. The highest BCUT2D eigenvalue weighted by Crippen LogP contribution is 2.40. The van der Waals surface area contributed by atoms with Gasteiger partial charge in [-0.05, 0) is 30.4 Å². The summed E-state index contributed by atoms with van der Waals surface area (Å²) in [5.74, 6) is -3.10. The Morgan fingerprint density at radius 3 is 2.65 bits per heavy atom. The van der Waals surface area contributed by atoms with Gasteiger partial charge in [0, 0.05) is 18.9 Å². The maximum Gasteiger partial charge on any atom is 0.248 e. The third-order valence-corrected chi connectivity index (χ3v) is 3.46. The maximum atomic E-state index is 13.4. The smallest absolute Gasteiger partial charge is 0.248 e. The normalized spacial score (nSPS) is 24.8. The Kier molecular flexibility index (Phi) is 3.43. The van der Waals surface area contributed by atoms with Crippen LogP contribution in [-0.2, 0) is 6.42 Å². The highest BCUT2D eigenvalue weighted by atomic mass is 19.3. The average Bonchev–Trinajstić information content (AvgIpc) is 2.62. The number of hydrogen-bond donors (Lipinski definition) is 1. The molecule has 2 unspecified atom stereocenters. The molecule has 2 rings (SSSR count). The van der Waals surface area contributed by atoms with Crippen molar-refractivity contribution in [2.45, 2.75) is 37.6 Å². The van der Waals surface area contributed by atoms with Crippen molar-refractivity contribution >= 4 is 0 Å². The molecule has 1 nitrogen and oxygen atoms in total. The van der Waals surface area contributed by atoms with Gasteiger partial charge >= 0.3 is 0 Å². The van der Waals surface area contributed by atoms with Crippen molar-refractivity contribution in [3.8, 4) is 0 Å². The minimum absolute atomic E-state index is 0.0946. The largest absolute Gasteiger partial charge is 0.327 e. The number of halogens is 3. The molecule has 0 aliphatic heterocycles. The predicted molar refractivity (Wildman–Crippen MR) is 60.4 cm³/mol. The van der Waals surface area contributed by atoms with Gasteiger partial charge in [-0.1, -0.05) is 18.2 Å². The zero-order valence-corrected chi connectivity index (χ0v) is 9.50. The SMILES string of the molecule is NC(Cc1ccccc1F)C1CCC(F)(F)C1. The van der Waals surface area contributed by atoms with Crippen LogP contribution in [0.15, 0.2) is 24.3 Å². The Balaban J connectivity index is 1.98. The fraction of sp³-hybridized carbons (Fsp3) is 0.538. The van der Waals surface area contributed by atoms with Gasteiger partial charge < -0.3 is 5.73 Å². The van der Waals surface area contributed by atoms with Crippen molar-refractivity contribution in [1.29, 1.82) is 0 Å². The first-order valence-corrected chi connectivity index (χ1v) is 5.85. The molecule has 1 aliphatic rings. The zero-order chi connectivity index (χ0) is 12.5. The first-order valence-electron chi connectivity index (χ1n) is 5.85. The molecule has 1 aliphatic carbocycles. The van der Waals surface area contributed by atoms with Crippen LogP contribution >= 0.6 is 0 Å². The maximum absolute atomic E-state index is 13.4. The molecular weight excluding hydrogens is 227 g/mol. The Bertz CT molecular complexity index is 392. The van der Waals surface area contributed by atoms with E-state index in [1.807, 2.05) is 0 Å². The first-order chi connectivity index (χ1) is 7.98. The van der Waals surface area contributed by atoms with Gasteiger partial charge in [0.2, 0.25) is 5.92 Å². The lowest BCUT2D eigenvalue weighted by Crippen LogP contribution is -2.32. The van der Waals surface area contributed by atoms with Crippen LogP contribution in [0.2, 0.25) is 0 Å². The number of alkyl halides is 2. The van der Waals surface area contributed by atoms with Crippen molar-refractivity contribution in [3.05, 3.63) is 35.6 Å². The molecule has 94 valence electrons. The number of hydrogen-bond acceptors (Lipinski definition) is 1. The summed E-state index contributed by atoms with van der Waals surface area (Å²) in [5.41, 5.74) is 6.41. The molecule has 0 spiro atoms. The van der Waals surface area contributed by atoms with Crippen molar-refractivity contribution in [2.75, 3.05) is 0 Å². The summed E-state index contributed by atoms with van der Waals surface area (Å²) in [5, 5.41) is 0. The van der Waals surface area contributed by atoms with Crippen LogP contribution < -0.4 is 5.73 Å². The second-order valence-electron chi connectivity index (χ2n) is 4.82. The predicted octanol–water partition coefficient (Wildman–Crippen LogP) is 3.13. The lowest BCUT2D eigenvalue weighted by atomic mass is 9.93. The van der Waals surface area contributed by atoms with E-state index in [-0.39, 0.29) is 30.6 Å². The molecule has 2 N–H and O–H groups in total. The van der Waals surface area contributed by atoms with E-state index in [1.165, 1.54) is 6.07 Å². The summed E-state index contributed by atoms with van der Waals surface area (Å²) >= 11 is 0. The van der Waals surface area contributed by atoms with Gasteiger partial charge in [-0.25, -0.2) is 13.2 Å². The molecule has 0 amide bonds. The van der Waals surface area contributed by atoms with Gasteiger partial charge in [0.25, 0.3) is 0 Å². The van der Waals surface area contributed by atoms with Gasteiger partial charge in [0.15, 0.2) is 0 Å². The second-order valence-corrected chi connectivity index (χ2v) is 4.82. The quantitative estimate of drug-likeness (QED) is 0.867. The highest BCUT2D eigenvalue weighted by Gasteiger charge is 2.41. The van der Waals surface area contributed by atoms with E-state index in [0.717, 1.165) is 0 Å². The number of nitrogens with two attached hydrogens (primary N) is 1. The molecule has 1 fully saturated rings. The molecule has 17 heavy (non-hydrogen) atoms. The van der Waals surface area contributed by atoms with Crippen molar-refractivity contribution < 1.29 is 13.2 Å². The number of rotatable bonds is 3. The van der Waals surface area contributed by atoms with E-state index in [1.54, 1.807) is 18.2 Å². The minimum Gasteiger partial charge on any atom is -0.327 e. The van der Waals surface area contributed by atoms with Gasteiger partial charge in [-0.2, -0.15) is 0 Å². The summed E-state index contributed by atoms with van der Waals surface area (Å²) in [6.07, 6.45) is 0.501.